The summed E-state index contributed by atoms with van der Waals surface area (Å²) < 4.78 is 23.6. The molecule has 1 aromatic heterocycles. The summed E-state index contributed by atoms with van der Waals surface area (Å²) in [4.78, 5) is 3.98. The SMILES string of the molecule is O=S(=O)(CC1CC1)c1ccc(CBr)cn1. The van der Waals surface area contributed by atoms with E-state index >= 15 is 0 Å². The van der Waals surface area contributed by atoms with Gasteiger partial charge < -0.3 is 0 Å². The van der Waals surface area contributed by atoms with Crippen LogP contribution in [0.15, 0.2) is 23.4 Å². The first kappa shape index (κ1) is 11.1. The molecule has 15 heavy (non-hydrogen) atoms. The molecular formula is C10H12BrNO2S. The molecule has 0 bridgehead atoms. The van der Waals surface area contributed by atoms with E-state index in [2.05, 4.69) is 20.9 Å². The molecule has 1 aliphatic carbocycles. The maximum atomic E-state index is 11.8. The van der Waals surface area contributed by atoms with Crippen molar-refractivity contribution < 1.29 is 8.42 Å². The highest BCUT2D eigenvalue weighted by Crippen LogP contribution is 2.31. The van der Waals surface area contributed by atoms with Crippen LogP contribution < -0.4 is 0 Å². The third-order valence-corrected chi connectivity index (χ3v) is 4.86. The van der Waals surface area contributed by atoms with Crippen LogP contribution in [-0.4, -0.2) is 19.2 Å². The Hall–Kier alpha value is -0.420. The van der Waals surface area contributed by atoms with Gasteiger partial charge in [0.1, 0.15) is 0 Å². The van der Waals surface area contributed by atoms with E-state index in [1.807, 2.05) is 0 Å². The van der Waals surface area contributed by atoms with E-state index in [0.29, 0.717) is 11.2 Å². The summed E-state index contributed by atoms with van der Waals surface area (Å²) in [6.45, 7) is 0. The summed E-state index contributed by atoms with van der Waals surface area (Å²) in [5.74, 6) is 0.626. The monoisotopic (exact) mass is 289 g/mol. The molecule has 5 heteroatoms. The fourth-order valence-electron chi connectivity index (χ4n) is 1.35. The van der Waals surface area contributed by atoms with Crippen molar-refractivity contribution in [2.45, 2.75) is 23.2 Å². The van der Waals surface area contributed by atoms with Crippen molar-refractivity contribution in [1.82, 2.24) is 4.98 Å². The van der Waals surface area contributed by atoms with Crippen LogP contribution in [0.3, 0.4) is 0 Å². The predicted octanol–water partition coefficient (Wildman–Crippen LogP) is 2.16. The van der Waals surface area contributed by atoms with E-state index < -0.39 is 9.84 Å². The number of alkyl halides is 1. The van der Waals surface area contributed by atoms with Crippen LogP contribution in [-0.2, 0) is 15.2 Å². The molecule has 0 saturated heterocycles. The minimum Gasteiger partial charge on any atom is -0.244 e. The Labute approximate surface area is 98.0 Å². The standard InChI is InChI=1S/C10H12BrNO2S/c11-5-9-3-4-10(12-6-9)15(13,14)7-8-1-2-8/h3-4,6,8H,1-2,5,7H2. The number of pyridine rings is 1. The molecule has 1 heterocycles. The van der Waals surface area contributed by atoms with Gasteiger partial charge in [-0.15, -0.1) is 0 Å². The van der Waals surface area contributed by atoms with Gasteiger partial charge >= 0.3 is 0 Å². The van der Waals surface area contributed by atoms with Gasteiger partial charge in [-0.2, -0.15) is 0 Å². The zero-order valence-corrected chi connectivity index (χ0v) is 10.6. The van der Waals surface area contributed by atoms with Gasteiger partial charge in [-0.05, 0) is 30.4 Å². The Morgan fingerprint density at radius 3 is 2.60 bits per heavy atom. The minimum absolute atomic E-state index is 0.208. The van der Waals surface area contributed by atoms with Crippen molar-refractivity contribution in [1.29, 1.82) is 0 Å². The van der Waals surface area contributed by atoms with Crippen molar-refractivity contribution in [2.24, 2.45) is 5.92 Å². The average molecular weight is 290 g/mol. The second-order valence-electron chi connectivity index (χ2n) is 3.86. The fourth-order valence-corrected chi connectivity index (χ4v) is 3.30. The molecule has 82 valence electrons. The van der Waals surface area contributed by atoms with E-state index in [0.717, 1.165) is 18.4 Å². The van der Waals surface area contributed by atoms with Gasteiger partial charge in [0.2, 0.25) is 0 Å². The van der Waals surface area contributed by atoms with E-state index in [9.17, 15) is 8.42 Å². The lowest BCUT2D eigenvalue weighted by Gasteiger charge is -2.02. The zero-order valence-electron chi connectivity index (χ0n) is 8.19. The van der Waals surface area contributed by atoms with Crippen LogP contribution in [0.25, 0.3) is 0 Å². The Kier molecular flexibility index (Phi) is 3.11. The second kappa shape index (κ2) is 4.22. The van der Waals surface area contributed by atoms with Crippen LogP contribution in [0.4, 0.5) is 0 Å². The molecular weight excluding hydrogens is 278 g/mol. The molecule has 0 spiro atoms. The summed E-state index contributed by atoms with van der Waals surface area (Å²) in [7, 11) is -3.15. The third-order valence-electron chi connectivity index (χ3n) is 2.42. The molecule has 1 saturated carbocycles. The largest absolute Gasteiger partial charge is 0.244 e. The van der Waals surface area contributed by atoms with Crippen LogP contribution >= 0.6 is 15.9 Å². The van der Waals surface area contributed by atoms with Gasteiger partial charge in [0.05, 0.1) is 5.75 Å². The predicted molar refractivity (Wildman–Crippen MR) is 61.6 cm³/mol. The molecule has 0 radical (unpaired) electrons. The molecule has 1 aliphatic rings. The summed E-state index contributed by atoms with van der Waals surface area (Å²) in [6, 6.07) is 3.38. The first-order chi connectivity index (χ1) is 7.12. The van der Waals surface area contributed by atoms with Gasteiger partial charge in [0.25, 0.3) is 0 Å². The molecule has 0 unspecified atom stereocenters. The highest BCUT2D eigenvalue weighted by molar-refractivity contribution is 9.08. The Balaban J connectivity index is 2.19. The van der Waals surface area contributed by atoms with E-state index in [4.69, 9.17) is 0 Å². The quantitative estimate of drug-likeness (QED) is 0.798. The van der Waals surface area contributed by atoms with Crippen molar-refractivity contribution >= 4 is 25.8 Å². The molecule has 2 rings (SSSR count). The first-order valence-corrected chi connectivity index (χ1v) is 7.63. The molecule has 0 atom stereocenters. The lowest BCUT2D eigenvalue weighted by Crippen LogP contribution is -2.10. The van der Waals surface area contributed by atoms with E-state index in [1.54, 1.807) is 18.3 Å². The zero-order chi connectivity index (χ0) is 10.9. The molecule has 1 fully saturated rings. The molecule has 0 aromatic carbocycles. The van der Waals surface area contributed by atoms with Crippen molar-refractivity contribution in [2.75, 3.05) is 5.75 Å². The Bertz CT molecular complexity index is 437. The second-order valence-corrected chi connectivity index (χ2v) is 6.40. The summed E-state index contributed by atoms with van der Waals surface area (Å²) in [5, 5.41) is 0.905. The van der Waals surface area contributed by atoms with Gasteiger partial charge in [-0.1, -0.05) is 22.0 Å². The maximum Gasteiger partial charge on any atom is 0.195 e. The van der Waals surface area contributed by atoms with E-state index in [-0.39, 0.29) is 10.8 Å². The lowest BCUT2D eigenvalue weighted by molar-refractivity contribution is 0.588. The van der Waals surface area contributed by atoms with Gasteiger partial charge in [0, 0.05) is 11.5 Å². The smallest absolute Gasteiger partial charge is 0.195 e. The number of rotatable bonds is 4. The average Bonchev–Trinajstić information content (AvgIpc) is 3.01. The van der Waals surface area contributed by atoms with Crippen LogP contribution in [0.1, 0.15) is 18.4 Å². The number of hydrogen-bond donors (Lipinski definition) is 0. The highest BCUT2D eigenvalue weighted by Gasteiger charge is 2.29. The van der Waals surface area contributed by atoms with Gasteiger partial charge in [-0.3, -0.25) is 0 Å². The normalized spacial score (nSPS) is 16.6. The molecule has 3 nitrogen and oxygen atoms in total. The first-order valence-electron chi connectivity index (χ1n) is 4.85. The maximum absolute atomic E-state index is 11.8. The number of hydrogen-bond acceptors (Lipinski definition) is 3. The lowest BCUT2D eigenvalue weighted by atomic mass is 10.3. The summed E-state index contributed by atoms with van der Waals surface area (Å²) in [5.41, 5.74) is 0.986. The van der Waals surface area contributed by atoms with Crippen molar-refractivity contribution in [3.05, 3.63) is 23.9 Å². The fraction of sp³-hybridized carbons (Fsp3) is 0.500. The molecule has 1 aromatic rings. The highest BCUT2D eigenvalue weighted by atomic mass is 79.9. The van der Waals surface area contributed by atoms with Crippen LogP contribution in [0, 0.1) is 5.92 Å². The van der Waals surface area contributed by atoms with E-state index in [1.165, 1.54) is 0 Å². The minimum atomic E-state index is -3.15. The number of halogens is 1. The molecule has 0 aliphatic heterocycles. The number of aromatic nitrogens is 1. The molecule has 0 amide bonds. The summed E-state index contributed by atoms with van der Waals surface area (Å²) in [6.07, 6.45) is 3.69. The third kappa shape index (κ3) is 2.78. The topological polar surface area (TPSA) is 47.0 Å². The molecule has 0 N–H and O–H groups in total. The van der Waals surface area contributed by atoms with Crippen molar-refractivity contribution in [3.63, 3.8) is 0 Å². The number of nitrogens with zero attached hydrogens (tertiary/aromatic N) is 1. The van der Waals surface area contributed by atoms with Crippen LogP contribution in [0.5, 0.6) is 0 Å². The van der Waals surface area contributed by atoms with Crippen LogP contribution in [0.2, 0.25) is 0 Å². The van der Waals surface area contributed by atoms with Gasteiger partial charge in [0.15, 0.2) is 14.9 Å². The Morgan fingerprint density at radius 2 is 2.13 bits per heavy atom. The summed E-state index contributed by atoms with van der Waals surface area (Å²) >= 11 is 3.29. The van der Waals surface area contributed by atoms with Crippen molar-refractivity contribution in [3.8, 4) is 0 Å². The number of sulfone groups is 1. The van der Waals surface area contributed by atoms with Gasteiger partial charge in [-0.25, -0.2) is 13.4 Å². The Morgan fingerprint density at radius 1 is 1.40 bits per heavy atom.